The lowest BCUT2D eigenvalue weighted by Crippen LogP contribution is -2.25. The van der Waals surface area contributed by atoms with E-state index in [1.807, 2.05) is 36.4 Å². The number of hydrogen-bond donors (Lipinski definition) is 0. The summed E-state index contributed by atoms with van der Waals surface area (Å²) in [7, 11) is -5.64. The van der Waals surface area contributed by atoms with Gasteiger partial charge in [-0.25, -0.2) is 0 Å². The highest BCUT2D eigenvalue weighted by atomic mass is 31.2. The van der Waals surface area contributed by atoms with Crippen molar-refractivity contribution in [1.29, 1.82) is 0 Å². The fraction of sp³-hybridized carbons (Fsp3) is 0. The largest absolute Gasteiger partial charge is 0.343 e. The molecule has 0 aliphatic carbocycles. The molecule has 1 unspecified atom stereocenters. The molecule has 0 saturated carbocycles. The predicted molar refractivity (Wildman–Crippen MR) is 180 cm³/mol. The minimum absolute atomic E-state index is 0.875. The lowest BCUT2D eigenvalue weighted by atomic mass is 10.4. The second-order valence-corrected chi connectivity index (χ2v) is 17.7. The van der Waals surface area contributed by atoms with Crippen molar-refractivity contribution in [2.24, 2.45) is 0 Å². The molecular weight excluding hydrogens is 553 g/mol. The highest BCUT2D eigenvalue weighted by Crippen LogP contribution is 2.76. The average Bonchev–Trinajstić information content (AvgIpc) is 3.07. The van der Waals surface area contributed by atoms with Gasteiger partial charge in [0.1, 0.15) is 5.30 Å². The third-order valence-corrected chi connectivity index (χ3v) is 17.7. The van der Waals surface area contributed by atoms with Crippen LogP contribution in [0.25, 0.3) is 0 Å². The Balaban J connectivity index is 1.80. The molecule has 0 radical (unpaired) electrons. The summed E-state index contributed by atoms with van der Waals surface area (Å²) >= 11 is 0. The van der Waals surface area contributed by atoms with E-state index in [0.717, 1.165) is 15.8 Å². The Morgan fingerprint density at radius 1 is 0.512 bits per heavy atom. The first-order valence-electron chi connectivity index (χ1n) is 13.7. The second-order valence-electron chi connectivity index (χ2n) is 9.59. The van der Waals surface area contributed by atoms with Gasteiger partial charge in [0, 0.05) is 10.1 Å². The van der Waals surface area contributed by atoms with Gasteiger partial charge in [-0.05, 0) is 40.9 Å². The van der Waals surface area contributed by atoms with Crippen molar-refractivity contribution < 1.29 is 4.57 Å². The molecule has 0 fully saturated rings. The van der Waals surface area contributed by atoms with Gasteiger partial charge in [0.05, 0.1) is 7.14 Å². The predicted octanol–water partition coefficient (Wildman–Crippen LogP) is 8.34. The summed E-state index contributed by atoms with van der Waals surface area (Å²) in [5, 5.41) is 6.48. The summed E-state index contributed by atoms with van der Waals surface area (Å²) in [6.07, 6.45) is 0. The molecule has 0 heterocycles. The molecule has 0 N–H and O–H groups in total. The van der Waals surface area contributed by atoms with Crippen molar-refractivity contribution in [3.8, 4) is 0 Å². The summed E-state index contributed by atoms with van der Waals surface area (Å²) in [6.45, 7) is 0. The van der Waals surface area contributed by atoms with E-state index in [-0.39, 0.29) is 0 Å². The van der Waals surface area contributed by atoms with Crippen LogP contribution < -0.4 is 26.5 Å². The van der Waals surface area contributed by atoms with E-state index in [1.165, 1.54) is 20.9 Å². The topological polar surface area (TPSA) is 17.1 Å². The van der Waals surface area contributed by atoms with Crippen molar-refractivity contribution >= 4 is 49.1 Å². The second kappa shape index (κ2) is 12.9. The van der Waals surface area contributed by atoms with Gasteiger partial charge < -0.3 is 4.57 Å². The lowest BCUT2D eigenvalue weighted by Gasteiger charge is -2.43. The van der Waals surface area contributed by atoms with Crippen LogP contribution in [0.4, 0.5) is 0 Å². The van der Waals surface area contributed by atoms with Gasteiger partial charge in [-0.1, -0.05) is 140 Å². The summed E-state index contributed by atoms with van der Waals surface area (Å²) < 4.78 is 16.5. The van der Waals surface area contributed by atoms with Gasteiger partial charge in [-0.2, -0.15) is 18.2 Å². The van der Waals surface area contributed by atoms with Crippen molar-refractivity contribution in [3.05, 3.63) is 192 Å². The van der Waals surface area contributed by atoms with Crippen LogP contribution >= 0.6 is 22.6 Å². The zero-order valence-corrected chi connectivity index (χ0v) is 25.3. The van der Waals surface area contributed by atoms with Gasteiger partial charge >= 0.3 is 0 Å². The Hall–Kier alpha value is -3.72. The molecule has 41 heavy (non-hydrogen) atoms. The molecule has 1 nitrogen and oxygen atoms in total. The van der Waals surface area contributed by atoms with E-state index >= 15 is 4.57 Å². The fourth-order valence-electron chi connectivity index (χ4n) is 5.11. The Morgan fingerprint density at radius 3 is 1.37 bits per heavy atom. The molecule has 1 atom stereocenters. The number of hydrogen-bond acceptors (Lipinski definition) is 1. The van der Waals surface area contributed by atoms with Crippen LogP contribution in [-0.2, 0) is 4.57 Å². The van der Waals surface area contributed by atoms with Crippen LogP contribution in [0, 0.1) is 10.1 Å². The maximum absolute atomic E-state index is 16.5. The van der Waals surface area contributed by atoms with E-state index in [4.69, 9.17) is 0 Å². The molecule has 0 bridgehead atoms. The van der Waals surface area contributed by atoms with Crippen LogP contribution in [0.3, 0.4) is 0 Å². The quantitative estimate of drug-likeness (QED) is 0.130. The Labute approximate surface area is 245 Å². The monoisotopic (exact) mass is 583 g/mol. The molecular formula is C37H30OP3-. The van der Waals surface area contributed by atoms with Gasteiger partial charge in [-0.3, -0.25) is 0 Å². The van der Waals surface area contributed by atoms with Crippen LogP contribution in [0.15, 0.2) is 182 Å². The molecule has 0 aliphatic rings. The van der Waals surface area contributed by atoms with E-state index in [0.29, 0.717) is 0 Å². The first-order valence-corrected chi connectivity index (χ1v) is 18.0. The van der Waals surface area contributed by atoms with E-state index in [1.54, 1.807) is 0 Å². The molecule has 200 valence electrons. The molecule has 4 heteroatoms. The van der Waals surface area contributed by atoms with Crippen molar-refractivity contribution in [3.63, 3.8) is 0 Å². The van der Waals surface area contributed by atoms with Crippen LogP contribution in [0.1, 0.15) is 0 Å². The molecule has 0 saturated heterocycles. The minimum atomic E-state index is -3.33. The zero-order chi connectivity index (χ0) is 27.9. The average molecular weight is 584 g/mol. The van der Waals surface area contributed by atoms with E-state index < -0.39 is 22.6 Å². The lowest BCUT2D eigenvalue weighted by molar-refractivity contribution is 0.591. The van der Waals surface area contributed by atoms with Crippen LogP contribution in [-0.4, -0.2) is 0 Å². The minimum Gasteiger partial charge on any atom is -0.343 e. The third kappa shape index (κ3) is 5.73. The normalized spacial score (nSPS) is 11.9. The smallest absolute Gasteiger partial charge is 0.116 e. The van der Waals surface area contributed by atoms with E-state index in [9.17, 15) is 0 Å². The molecule has 6 rings (SSSR count). The molecule has 6 aromatic rings. The van der Waals surface area contributed by atoms with Crippen molar-refractivity contribution in [2.75, 3.05) is 0 Å². The summed E-state index contributed by atoms with van der Waals surface area (Å²) in [5.74, 6) is 0. The van der Waals surface area contributed by atoms with Gasteiger partial charge in [-0.15, -0.1) is 20.1 Å². The maximum Gasteiger partial charge on any atom is 0.116 e. The summed E-state index contributed by atoms with van der Waals surface area (Å²) in [5.41, 5.74) is 0. The third-order valence-electron chi connectivity index (χ3n) is 6.98. The SMILES string of the molecule is O=P(c1ccccc1)(c1ccccc1)[C-](P(c1ccccc1)c1ccccc1)[P+](c1ccccc1)=c1cccc[cH-]1. The summed E-state index contributed by atoms with van der Waals surface area (Å²) in [6, 6.07) is 63.1. The Kier molecular flexibility index (Phi) is 8.60. The molecule has 0 aromatic heterocycles. The Bertz CT molecular complexity index is 1700. The zero-order valence-electron chi connectivity index (χ0n) is 22.6. The molecule has 0 amide bonds. The highest BCUT2D eigenvalue weighted by molar-refractivity contribution is 8.07. The first-order chi connectivity index (χ1) is 20.3. The Morgan fingerprint density at radius 2 is 0.927 bits per heavy atom. The van der Waals surface area contributed by atoms with E-state index in [2.05, 4.69) is 146 Å². The standard InChI is InChI=1S/C37H30OP3/c38-41(35-27-15-5-16-28-35,36-29-17-6-18-30-36)37(39(31-19-7-1-8-20-31)32-21-9-2-10-22-32)40(33-23-11-3-12-24-33)34-25-13-4-14-26-34/h1-30H/q-1. The van der Waals surface area contributed by atoms with Crippen molar-refractivity contribution in [2.45, 2.75) is 0 Å². The van der Waals surface area contributed by atoms with Crippen LogP contribution in [0.5, 0.6) is 0 Å². The van der Waals surface area contributed by atoms with Gasteiger partial charge in [0.25, 0.3) is 0 Å². The number of rotatable bonds is 8. The summed E-state index contributed by atoms with van der Waals surface area (Å²) in [4.78, 5) is 1.20. The molecule has 0 aliphatic heterocycles. The first kappa shape index (κ1) is 27.4. The van der Waals surface area contributed by atoms with Gasteiger partial charge in [0.15, 0.2) is 0 Å². The maximum atomic E-state index is 16.5. The van der Waals surface area contributed by atoms with Crippen LogP contribution in [0.2, 0.25) is 0 Å². The molecule has 0 spiro atoms. The fourth-order valence-corrected chi connectivity index (χ4v) is 17.7. The highest BCUT2D eigenvalue weighted by Gasteiger charge is 2.40. The molecule has 6 aromatic carbocycles. The number of benzene rings is 6. The van der Waals surface area contributed by atoms with Gasteiger partial charge in [0.2, 0.25) is 0 Å². The van der Waals surface area contributed by atoms with Crippen molar-refractivity contribution in [1.82, 2.24) is 0 Å².